The predicted molar refractivity (Wildman–Crippen MR) is 75.8 cm³/mol. The molecule has 0 aliphatic rings. The smallest absolute Gasteiger partial charge is 0.258 e. The monoisotopic (exact) mass is 296 g/mol. The molecule has 1 amide bonds. The quantitative estimate of drug-likeness (QED) is 0.849. The van der Waals surface area contributed by atoms with Gasteiger partial charge >= 0.3 is 0 Å². The zero-order chi connectivity index (χ0) is 13.8. The molecule has 0 heterocycles. The molecule has 6 heteroatoms. The minimum Gasteiger partial charge on any atom is -0.322 e. The second-order valence-electron chi connectivity index (χ2n) is 3.72. The highest BCUT2D eigenvalue weighted by Crippen LogP contribution is 2.19. The largest absolute Gasteiger partial charge is 0.322 e. The van der Waals surface area contributed by atoms with E-state index in [-0.39, 0.29) is 10.6 Å². The molecule has 0 saturated carbocycles. The summed E-state index contributed by atoms with van der Waals surface area (Å²) in [4.78, 5) is 12.7. The molecule has 3 nitrogen and oxygen atoms in total. The Morgan fingerprint density at radius 3 is 2.74 bits per heavy atom. The van der Waals surface area contributed by atoms with Crippen molar-refractivity contribution in [2.75, 3.05) is 5.32 Å². The number of halogens is 2. The number of nitrogens with one attached hydrogen (secondary N) is 1. The fourth-order valence-corrected chi connectivity index (χ4v) is 2.03. The zero-order valence-electron chi connectivity index (χ0n) is 9.69. The lowest BCUT2D eigenvalue weighted by Gasteiger charge is -2.07. The molecule has 0 aliphatic heterocycles. The third kappa shape index (κ3) is 3.47. The molecular formula is C13H10ClFN2OS. The van der Waals surface area contributed by atoms with Gasteiger partial charge in [0.25, 0.3) is 5.91 Å². The van der Waals surface area contributed by atoms with Crippen molar-refractivity contribution in [3.8, 4) is 0 Å². The molecule has 0 atom stereocenters. The summed E-state index contributed by atoms with van der Waals surface area (Å²) in [6.45, 7) is 0. The number of hydrogen-bond donors (Lipinski definition) is 2. The molecule has 98 valence electrons. The Labute approximate surface area is 119 Å². The van der Waals surface area contributed by atoms with E-state index in [9.17, 15) is 9.18 Å². The van der Waals surface area contributed by atoms with Gasteiger partial charge in [-0.25, -0.2) is 4.39 Å². The van der Waals surface area contributed by atoms with Gasteiger partial charge in [0.15, 0.2) is 0 Å². The van der Waals surface area contributed by atoms with Crippen LogP contribution < -0.4 is 10.5 Å². The van der Waals surface area contributed by atoms with E-state index in [2.05, 4.69) is 5.32 Å². The molecule has 2 aromatic carbocycles. The third-order valence-corrected chi connectivity index (χ3v) is 3.16. The van der Waals surface area contributed by atoms with Crippen LogP contribution in [0.3, 0.4) is 0 Å². The molecule has 0 saturated heterocycles. The fourth-order valence-electron chi connectivity index (χ4n) is 1.52. The van der Waals surface area contributed by atoms with Gasteiger partial charge in [-0.15, -0.1) is 0 Å². The van der Waals surface area contributed by atoms with Gasteiger partial charge < -0.3 is 5.32 Å². The van der Waals surface area contributed by atoms with Crippen molar-refractivity contribution in [1.29, 1.82) is 0 Å². The van der Waals surface area contributed by atoms with Gasteiger partial charge in [0.2, 0.25) is 0 Å². The summed E-state index contributed by atoms with van der Waals surface area (Å²) in [6.07, 6.45) is 0. The van der Waals surface area contributed by atoms with Crippen LogP contribution in [0.2, 0.25) is 5.02 Å². The average molecular weight is 297 g/mol. The molecule has 2 rings (SSSR count). The van der Waals surface area contributed by atoms with E-state index >= 15 is 0 Å². The minimum absolute atomic E-state index is 0.0600. The number of nitrogens with two attached hydrogens (primary N) is 1. The van der Waals surface area contributed by atoms with Crippen LogP contribution in [0, 0.1) is 5.82 Å². The van der Waals surface area contributed by atoms with E-state index in [0.717, 1.165) is 22.9 Å². The van der Waals surface area contributed by atoms with E-state index in [1.54, 1.807) is 18.2 Å². The van der Waals surface area contributed by atoms with Crippen molar-refractivity contribution >= 4 is 35.1 Å². The van der Waals surface area contributed by atoms with Crippen molar-refractivity contribution in [3.05, 3.63) is 58.9 Å². The highest BCUT2D eigenvalue weighted by atomic mass is 35.5. The van der Waals surface area contributed by atoms with Gasteiger partial charge in [0, 0.05) is 15.6 Å². The van der Waals surface area contributed by atoms with E-state index in [0.29, 0.717) is 5.69 Å². The average Bonchev–Trinajstić information content (AvgIpc) is 2.38. The molecule has 3 N–H and O–H groups in total. The summed E-state index contributed by atoms with van der Waals surface area (Å²) < 4.78 is 13.6. The van der Waals surface area contributed by atoms with Gasteiger partial charge in [-0.1, -0.05) is 17.7 Å². The van der Waals surface area contributed by atoms with Gasteiger partial charge in [-0.05, 0) is 48.3 Å². The number of rotatable bonds is 3. The first-order valence-electron chi connectivity index (χ1n) is 5.33. The summed E-state index contributed by atoms with van der Waals surface area (Å²) >= 11 is 6.70. The van der Waals surface area contributed by atoms with Crippen molar-refractivity contribution in [2.24, 2.45) is 5.14 Å². The van der Waals surface area contributed by atoms with Crippen molar-refractivity contribution in [3.63, 3.8) is 0 Å². The SMILES string of the molecule is NSc1cccc(NC(=O)c2ccc(Cl)cc2F)c1. The van der Waals surface area contributed by atoms with Crippen LogP contribution in [0.15, 0.2) is 47.4 Å². The lowest BCUT2D eigenvalue weighted by molar-refractivity contribution is 0.102. The topological polar surface area (TPSA) is 55.1 Å². The third-order valence-electron chi connectivity index (χ3n) is 2.40. The number of hydrogen-bond acceptors (Lipinski definition) is 3. The Bertz CT molecular complexity index is 621. The molecule has 0 unspecified atom stereocenters. The van der Waals surface area contributed by atoms with Crippen LogP contribution in [0.1, 0.15) is 10.4 Å². The normalized spacial score (nSPS) is 10.3. The van der Waals surface area contributed by atoms with Crippen molar-refractivity contribution < 1.29 is 9.18 Å². The maximum atomic E-state index is 13.6. The van der Waals surface area contributed by atoms with Gasteiger partial charge in [0.1, 0.15) is 5.82 Å². The molecule has 0 spiro atoms. The van der Waals surface area contributed by atoms with Crippen molar-refractivity contribution in [2.45, 2.75) is 4.90 Å². The summed E-state index contributed by atoms with van der Waals surface area (Å²) in [6, 6.07) is 10.9. The molecule has 0 aromatic heterocycles. The molecule has 0 fully saturated rings. The first kappa shape index (κ1) is 13.9. The number of benzene rings is 2. The number of anilines is 1. The Morgan fingerprint density at radius 2 is 2.05 bits per heavy atom. The van der Waals surface area contributed by atoms with Crippen LogP contribution in [0.5, 0.6) is 0 Å². The van der Waals surface area contributed by atoms with Crippen LogP contribution in [-0.2, 0) is 0 Å². The highest BCUT2D eigenvalue weighted by molar-refractivity contribution is 7.97. The molecule has 0 aliphatic carbocycles. The Balaban J connectivity index is 2.20. The molecule has 19 heavy (non-hydrogen) atoms. The van der Waals surface area contributed by atoms with Gasteiger partial charge in [-0.3, -0.25) is 9.93 Å². The number of carbonyl (C=O) groups is 1. The Kier molecular flexibility index (Phi) is 4.42. The van der Waals surface area contributed by atoms with Crippen LogP contribution in [0.25, 0.3) is 0 Å². The summed E-state index contributed by atoms with van der Waals surface area (Å²) in [5.41, 5.74) is 0.491. The second-order valence-corrected chi connectivity index (χ2v) is 4.87. The lowest BCUT2D eigenvalue weighted by Crippen LogP contribution is -2.13. The molecular weight excluding hydrogens is 287 g/mol. The van der Waals surface area contributed by atoms with Crippen LogP contribution in [0.4, 0.5) is 10.1 Å². The first-order valence-corrected chi connectivity index (χ1v) is 6.59. The lowest BCUT2D eigenvalue weighted by atomic mass is 10.2. The highest BCUT2D eigenvalue weighted by Gasteiger charge is 2.12. The molecule has 0 bridgehead atoms. The Hall–Kier alpha value is -1.56. The summed E-state index contributed by atoms with van der Waals surface area (Å²) in [5.74, 6) is -1.19. The zero-order valence-corrected chi connectivity index (χ0v) is 11.3. The van der Waals surface area contributed by atoms with Crippen molar-refractivity contribution in [1.82, 2.24) is 0 Å². The van der Waals surface area contributed by atoms with E-state index in [4.69, 9.17) is 16.7 Å². The van der Waals surface area contributed by atoms with E-state index < -0.39 is 11.7 Å². The Morgan fingerprint density at radius 1 is 1.26 bits per heavy atom. The van der Waals surface area contributed by atoms with E-state index in [1.165, 1.54) is 12.1 Å². The van der Waals surface area contributed by atoms with E-state index in [1.807, 2.05) is 6.07 Å². The van der Waals surface area contributed by atoms with Gasteiger partial charge in [-0.2, -0.15) is 0 Å². The number of amides is 1. The first-order chi connectivity index (χ1) is 9.10. The standard InChI is InChI=1S/C13H10ClFN2OS/c14-8-4-5-11(12(15)6-8)13(18)17-9-2-1-3-10(7-9)19-16/h1-7H,16H2,(H,17,18). The fraction of sp³-hybridized carbons (Fsp3) is 0. The van der Waals surface area contributed by atoms with Crippen LogP contribution >= 0.6 is 23.5 Å². The molecule has 0 radical (unpaired) electrons. The van der Waals surface area contributed by atoms with Crippen LogP contribution in [-0.4, -0.2) is 5.91 Å². The summed E-state index contributed by atoms with van der Waals surface area (Å²) in [5, 5.41) is 8.28. The minimum atomic E-state index is -0.658. The number of carbonyl (C=O) groups excluding carboxylic acids is 1. The maximum Gasteiger partial charge on any atom is 0.258 e. The molecule has 2 aromatic rings. The maximum absolute atomic E-state index is 13.6. The summed E-state index contributed by atoms with van der Waals surface area (Å²) in [7, 11) is 0. The predicted octanol–water partition coefficient (Wildman–Crippen LogP) is 3.70. The second kappa shape index (κ2) is 6.06. The van der Waals surface area contributed by atoms with Gasteiger partial charge in [0.05, 0.1) is 5.56 Å².